The molecule has 4 nitrogen and oxygen atoms in total. The molecule has 0 aromatic carbocycles. The van der Waals surface area contributed by atoms with Crippen LogP contribution in [0.25, 0.3) is 5.65 Å². The number of carbonyl (C=O) groups excluding carboxylic acids is 1. The molecule has 4 heteroatoms. The molecule has 0 spiro atoms. The Hall–Kier alpha value is -1.84. The Balaban J connectivity index is 1.86. The lowest BCUT2D eigenvalue weighted by molar-refractivity contribution is 0.0755. The maximum absolute atomic E-state index is 12.6. The number of pyridine rings is 1. The molecule has 106 valence electrons. The average molecular weight is 271 g/mol. The van der Waals surface area contributed by atoms with Crippen molar-refractivity contribution in [2.45, 2.75) is 33.1 Å². The minimum absolute atomic E-state index is 0.0715. The highest BCUT2D eigenvalue weighted by molar-refractivity contribution is 5.93. The van der Waals surface area contributed by atoms with E-state index in [-0.39, 0.29) is 5.91 Å². The zero-order valence-corrected chi connectivity index (χ0v) is 12.2. The van der Waals surface area contributed by atoms with Crippen LogP contribution < -0.4 is 0 Å². The Morgan fingerprint density at radius 1 is 1.30 bits per heavy atom. The number of aryl methyl sites for hydroxylation is 1. The maximum atomic E-state index is 12.6. The van der Waals surface area contributed by atoms with E-state index in [4.69, 9.17) is 0 Å². The monoisotopic (exact) mass is 271 g/mol. The van der Waals surface area contributed by atoms with E-state index in [2.05, 4.69) is 11.9 Å². The first-order chi connectivity index (χ1) is 9.65. The fourth-order valence-electron chi connectivity index (χ4n) is 2.88. The largest absolute Gasteiger partial charge is 0.337 e. The van der Waals surface area contributed by atoms with E-state index in [1.165, 1.54) is 6.42 Å². The lowest BCUT2D eigenvalue weighted by Crippen LogP contribution is -2.32. The van der Waals surface area contributed by atoms with Crippen LogP contribution in [0.1, 0.15) is 42.4 Å². The summed E-state index contributed by atoms with van der Waals surface area (Å²) in [5.41, 5.74) is 2.50. The molecule has 3 heterocycles. The van der Waals surface area contributed by atoms with Gasteiger partial charge in [-0.05, 0) is 44.2 Å². The number of rotatable bonds is 1. The van der Waals surface area contributed by atoms with Gasteiger partial charge in [0.25, 0.3) is 5.91 Å². The van der Waals surface area contributed by atoms with Gasteiger partial charge >= 0.3 is 0 Å². The molecule has 2 aromatic rings. The van der Waals surface area contributed by atoms with Crippen molar-refractivity contribution in [3.05, 3.63) is 35.8 Å². The number of imidazole rings is 1. The molecule has 0 saturated carbocycles. The third kappa shape index (κ3) is 2.42. The summed E-state index contributed by atoms with van der Waals surface area (Å²) in [4.78, 5) is 19.0. The minimum Gasteiger partial charge on any atom is -0.337 e. The van der Waals surface area contributed by atoms with Gasteiger partial charge in [-0.3, -0.25) is 4.79 Å². The standard InChI is InChI=1S/C16H21N3O/c1-12-5-4-9-18(10-8-12)16(20)14-11-19-13(2)6-3-7-15(19)17-14/h3,6-7,11-12H,4-5,8-10H2,1-2H3/t12-/m1/s1. The first-order valence-corrected chi connectivity index (χ1v) is 7.39. The van der Waals surface area contributed by atoms with Gasteiger partial charge < -0.3 is 9.30 Å². The maximum Gasteiger partial charge on any atom is 0.274 e. The summed E-state index contributed by atoms with van der Waals surface area (Å²) >= 11 is 0. The van der Waals surface area contributed by atoms with E-state index in [9.17, 15) is 4.79 Å². The zero-order chi connectivity index (χ0) is 14.1. The minimum atomic E-state index is 0.0715. The molecule has 2 aromatic heterocycles. The van der Waals surface area contributed by atoms with Gasteiger partial charge in [0, 0.05) is 25.0 Å². The molecule has 0 bridgehead atoms. The Labute approximate surface area is 119 Å². The lowest BCUT2D eigenvalue weighted by Gasteiger charge is -2.19. The van der Waals surface area contributed by atoms with Crippen molar-refractivity contribution in [3.63, 3.8) is 0 Å². The Kier molecular flexibility index (Phi) is 3.47. The van der Waals surface area contributed by atoms with Gasteiger partial charge in [-0.2, -0.15) is 0 Å². The van der Waals surface area contributed by atoms with Crippen LogP contribution in [-0.4, -0.2) is 33.3 Å². The van der Waals surface area contributed by atoms with Gasteiger partial charge in [-0.15, -0.1) is 0 Å². The number of hydrogen-bond acceptors (Lipinski definition) is 2. The number of nitrogens with zero attached hydrogens (tertiary/aromatic N) is 3. The van der Waals surface area contributed by atoms with Gasteiger partial charge in [-0.25, -0.2) is 4.98 Å². The van der Waals surface area contributed by atoms with Crippen molar-refractivity contribution in [1.82, 2.24) is 14.3 Å². The van der Waals surface area contributed by atoms with Crippen molar-refractivity contribution in [3.8, 4) is 0 Å². The van der Waals surface area contributed by atoms with Gasteiger partial charge in [-0.1, -0.05) is 13.0 Å². The number of likely N-dealkylation sites (tertiary alicyclic amines) is 1. The Morgan fingerprint density at radius 3 is 2.95 bits per heavy atom. The number of carbonyl (C=O) groups is 1. The molecular weight excluding hydrogens is 250 g/mol. The molecule has 0 radical (unpaired) electrons. The molecule has 1 aliphatic rings. The van der Waals surface area contributed by atoms with Crippen LogP contribution >= 0.6 is 0 Å². The summed E-state index contributed by atoms with van der Waals surface area (Å²) in [6.45, 7) is 6.00. The summed E-state index contributed by atoms with van der Waals surface area (Å²) in [7, 11) is 0. The van der Waals surface area contributed by atoms with Crippen LogP contribution in [0.2, 0.25) is 0 Å². The van der Waals surface area contributed by atoms with Crippen LogP contribution in [0.3, 0.4) is 0 Å². The summed E-state index contributed by atoms with van der Waals surface area (Å²) in [5, 5.41) is 0. The van der Waals surface area contributed by atoms with Crippen molar-refractivity contribution < 1.29 is 4.79 Å². The van der Waals surface area contributed by atoms with E-state index in [1.807, 2.05) is 40.6 Å². The fourth-order valence-corrected chi connectivity index (χ4v) is 2.88. The van der Waals surface area contributed by atoms with Crippen molar-refractivity contribution in [2.75, 3.05) is 13.1 Å². The molecule has 0 N–H and O–H groups in total. The Bertz CT molecular complexity index is 632. The highest BCUT2D eigenvalue weighted by Crippen LogP contribution is 2.18. The SMILES string of the molecule is Cc1cccc2nc(C(=O)N3CCC[C@@H](C)CC3)cn12. The highest BCUT2D eigenvalue weighted by atomic mass is 16.2. The van der Waals surface area contributed by atoms with E-state index in [1.54, 1.807) is 0 Å². The number of amides is 1. The number of aromatic nitrogens is 2. The van der Waals surface area contributed by atoms with Crippen LogP contribution in [0.5, 0.6) is 0 Å². The van der Waals surface area contributed by atoms with Gasteiger partial charge in [0.2, 0.25) is 0 Å². The summed E-state index contributed by atoms with van der Waals surface area (Å²) in [6.07, 6.45) is 5.27. The van der Waals surface area contributed by atoms with Crippen LogP contribution in [-0.2, 0) is 0 Å². The lowest BCUT2D eigenvalue weighted by atomic mass is 10.0. The van der Waals surface area contributed by atoms with Crippen molar-refractivity contribution in [1.29, 1.82) is 0 Å². The van der Waals surface area contributed by atoms with E-state index < -0.39 is 0 Å². The third-order valence-electron chi connectivity index (χ3n) is 4.22. The highest BCUT2D eigenvalue weighted by Gasteiger charge is 2.21. The van der Waals surface area contributed by atoms with E-state index in [0.29, 0.717) is 5.69 Å². The predicted octanol–water partition coefficient (Wildman–Crippen LogP) is 2.90. The first-order valence-electron chi connectivity index (χ1n) is 7.39. The van der Waals surface area contributed by atoms with Gasteiger partial charge in [0.1, 0.15) is 11.3 Å². The smallest absolute Gasteiger partial charge is 0.274 e. The van der Waals surface area contributed by atoms with Gasteiger partial charge in [0.15, 0.2) is 0 Å². The molecule has 1 fully saturated rings. The fraction of sp³-hybridized carbons (Fsp3) is 0.500. The second kappa shape index (κ2) is 5.27. The average Bonchev–Trinajstić information content (AvgIpc) is 2.76. The summed E-state index contributed by atoms with van der Waals surface area (Å²) < 4.78 is 1.98. The molecule has 3 rings (SSSR count). The molecule has 0 unspecified atom stereocenters. The Morgan fingerprint density at radius 2 is 2.15 bits per heavy atom. The van der Waals surface area contributed by atoms with Crippen molar-refractivity contribution in [2.24, 2.45) is 5.92 Å². The second-order valence-electron chi connectivity index (χ2n) is 5.85. The summed E-state index contributed by atoms with van der Waals surface area (Å²) in [5.74, 6) is 0.790. The molecular formula is C16H21N3O. The first kappa shape index (κ1) is 13.2. The molecule has 1 amide bonds. The van der Waals surface area contributed by atoms with E-state index >= 15 is 0 Å². The van der Waals surface area contributed by atoms with Crippen LogP contribution in [0.4, 0.5) is 0 Å². The molecule has 20 heavy (non-hydrogen) atoms. The van der Waals surface area contributed by atoms with Crippen molar-refractivity contribution >= 4 is 11.6 Å². The number of fused-ring (bicyclic) bond motifs is 1. The third-order valence-corrected chi connectivity index (χ3v) is 4.22. The zero-order valence-electron chi connectivity index (χ0n) is 12.2. The molecule has 1 aliphatic heterocycles. The predicted molar refractivity (Wildman–Crippen MR) is 78.8 cm³/mol. The molecule has 1 atom stereocenters. The number of hydrogen-bond donors (Lipinski definition) is 0. The second-order valence-corrected chi connectivity index (χ2v) is 5.85. The normalized spacial score (nSPS) is 20.1. The summed E-state index contributed by atoms with van der Waals surface area (Å²) in [6, 6.07) is 5.93. The molecule has 0 aliphatic carbocycles. The van der Waals surface area contributed by atoms with Crippen LogP contribution in [0, 0.1) is 12.8 Å². The topological polar surface area (TPSA) is 37.6 Å². The van der Waals surface area contributed by atoms with Gasteiger partial charge in [0.05, 0.1) is 0 Å². The van der Waals surface area contributed by atoms with Crippen LogP contribution in [0.15, 0.2) is 24.4 Å². The van der Waals surface area contributed by atoms with E-state index in [0.717, 1.165) is 43.2 Å². The molecule has 1 saturated heterocycles. The quantitative estimate of drug-likeness (QED) is 0.799.